The summed E-state index contributed by atoms with van der Waals surface area (Å²) in [5.41, 5.74) is 1.54. The van der Waals surface area contributed by atoms with Crippen LogP contribution in [0.4, 0.5) is 0 Å². The first-order chi connectivity index (χ1) is 36.5. The normalized spacial score (nSPS) is 20.4. The van der Waals surface area contributed by atoms with Gasteiger partial charge in [-0.1, -0.05) is 116 Å². The number of nitrogens with zero attached hydrogens (tertiary/aromatic N) is 2. The molecule has 10 atom stereocenters. The largest absolute Gasteiger partial charge is 0.347 e. The fraction of sp³-hybridized carbons (Fsp3) is 0.500. The minimum absolute atomic E-state index is 0.0444. The van der Waals surface area contributed by atoms with Crippen molar-refractivity contribution in [3.63, 3.8) is 0 Å². The molecule has 0 spiro atoms. The lowest BCUT2D eigenvalue weighted by molar-refractivity contribution is -0.144. The van der Waals surface area contributed by atoms with Crippen molar-refractivity contribution in [3.8, 4) is 0 Å². The van der Waals surface area contributed by atoms with Gasteiger partial charge in [0, 0.05) is 36.3 Å². The van der Waals surface area contributed by atoms with Gasteiger partial charge in [-0.05, 0) is 126 Å². The van der Waals surface area contributed by atoms with Gasteiger partial charge in [-0.2, -0.15) is 0 Å². The number of likely N-dealkylation sites (N-methyl/N-ethyl adjacent to an activating group) is 2. The Hall–Kier alpha value is -7.18. The summed E-state index contributed by atoms with van der Waals surface area (Å²) in [6.07, 6.45) is 14.0. The van der Waals surface area contributed by atoms with E-state index in [-0.39, 0.29) is 37.1 Å². The van der Waals surface area contributed by atoms with E-state index in [4.69, 9.17) is 0 Å². The molecule has 8 N–H and O–H groups in total. The number of carbonyl (C=O) groups is 8. The first-order valence-corrected chi connectivity index (χ1v) is 26.6. The zero-order valence-electron chi connectivity index (χ0n) is 48.5. The predicted molar refractivity (Wildman–Crippen MR) is 309 cm³/mol. The van der Waals surface area contributed by atoms with Gasteiger partial charge in [0.15, 0.2) is 0 Å². The summed E-state index contributed by atoms with van der Waals surface area (Å²) < 4.78 is 0. The van der Waals surface area contributed by atoms with Gasteiger partial charge in [-0.15, -0.1) is 0 Å². The molecule has 8 amide bonds. The predicted octanol–water partition coefficient (Wildman–Crippen LogP) is 4.86. The third-order valence-corrected chi connectivity index (χ3v) is 14.1. The van der Waals surface area contributed by atoms with Crippen molar-refractivity contribution in [2.24, 2.45) is 10.8 Å². The van der Waals surface area contributed by atoms with Crippen LogP contribution in [0.2, 0.25) is 0 Å². The van der Waals surface area contributed by atoms with Crippen molar-refractivity contribution in [1.29, 1.82) is 0 Å². The van der Waals surface area contributed by atoms with E-state index in [0.717, 1.165) is 11.1 Å². The van der Waals surface area contributed by atoms with Crippen LogP contribution >= 0.6 is 0 Å². The van der Waals surface area contributed by atoms with Gasteiger partial charge < -0.3 is 52.3 Å². The van der Waals surface area contributed by atoms with Gasteiger partial charge in [0.2, 0.25) is 35.4 Å². The molecule has 1 aromatic rings. The number of allylic oxidation sites excluding steroid dienone is 6. The molecule has 2 aliphatic heterocycles. The lowest BCUT2D eigenvalue weighted by Gasteiger charge is -2.36. The summed E-state index contributed by atoms with van der Waals surface area (Å²) in [5, 5.41) is 23.6. The van der Waals surface area contributed by atoms with Gasteiger partial charge in [0.1, 0.15) is 24.2 Å². The standard InChI is InChI=1S/C60H88N10O8/c1-19-23-35(5)47(36(6)24-20-2)65-55(75)45-31-43(33-69(45)57(77)49(59(11,12)13)67-51(71)39(9)61-17)63-53(73)41-27-29-42(30-28-41)54(74)64-44-32-46(56(76)66-48(37(7)25-21-3)38(8)26-22-4)70(34-44)58(78)50(60(14,15)16)68-52(72)40(10)62-18/h19-30,39-40,43-50,61-62H,1,3,6,8,31-34H2,2,4-5,7,9-18H3,(H,63,73)(H,64,74)(H,65,75)(H,66,76)(H,67,71)(H,68,72). The zero-order chi connectivity index (χ0) is 59.0. The number of hydrogen-bond donors (Lipinski definition) is 8. The second kappa shape index (κ2) is 29.0. The molecule has 18 heteroatoms. The average molecular weight is 1080 g/mol. The Bertz CT molecular complexity index is 2370. The molecule has 3 rings (SSSR count). The number of carbonyl (C=O) groups excluding carboxylic acids is 8. The quantitative estimate of drug-likeness (QED) is 0.0655. The fourth-order valence-electron chi connectivity index (χ4n) is 9.26. The molecule has 0 radical (unpaired) electrons. The Balaban J connectivity index is 1.95. The van der Waals surface area contributed by atoms with Crippen molar-refractivity contribution < 1.29 is 38.4 Å². The summed E-state index contributed by atoms with van der Waals surface area (Å²) in [4.78, 5) is 115. The molecule has 0 saturated carbocycles. The first-order valence-electron chi connectivity index (χ1n) is 26.6. The Labute approximate surface area is 463 Å². The van der Waals surface area contributed by atoms with Crippen LogP contribution in [0.15, 0.2) is 121 Å². The van der Waals surface area contributed by atoms with Crippen molar-refractivity contribution in [3.05, 3.63) is 133 Å². The van der Waals surface area contributed by atoms with Crippen LogP contribution < -0.4 is 42.5 Å². The summed E-state index contributed by atoms with van der Waals surface area (Å²) in [5.74, 6) is -3.80. The van der Waals surface area contributed by atoms with Gasteiger partial charge in [-0.25, -0.2) is 0 Å². The second-order valence-electron chi connectivity index (χ2n) is 22.4. The summed E-state index contributed by atoms with van der Waals surface area (Å²) in [6, 6.07) is -2.16. The van der Waals surface area contributed by atoms with E-state index in [1.807, 2.05) is 69.2 Å². The third kappa shape index (κ3) is 17.4. The third-order valence-electron chi connectivity index (χ3n) is 14.1. The number of nitrogens with one attached hydrogen (secondary N) is 8. The van der Waals surface area contributed by atoms with Gasteiger partial charge in [0.25, 0.3) is 11.8 Å². The van der Waals surface area contributed by atoms with Crippen LogP contribution in [0.5, 0.6) is 0 Å². The smallest absolute Gasteiger partial charge is 0.251 e. The van der Waals surface area contributed by atoms with Gasteiger partial charge >= 0.3 is 0 Å². The van der Waals surface area contributed by atoms with Crippen molar-refractivity contribution >= 4 is 47.3 Å². The van der Waals surface area contributed by atoms with E-state index >= 15 is 0 Å². The average Bonchev–Trinajstić information content (AvgIpc) is 4.01. The van der Waals surface area contributed by atoms with Crippen LogP contribution in [0.3, 0.4) is 0 Å². The molecular formula is C60H88N10O8. The molecule has 78 heavy (non-hydrogen) atoms. The molecule has 1 aromatic carbocycles. The van der Waals surface area contributed by atoms with Crippen LogP contribution in [-0.2, 0) is 28.8 Å². The molecule has 10 unspecified atom stereocenters. The number of amides is 8. The molecule has 18 nitrogen and oxygen atoms in total. The number of rotatable bonds is 24. The van der Waals surface area contributed by atoms with Crippen LogP contribution in [0.25, 0.3) is 0 Å². The Morgan fingerprint density at radius 2 is 0.897 bits per heavy atom. The highest BCUT2D eigenvalue weighted by molar-refractivity contribution is 5.99. The van der Waals surface area contributed by atoms with Crippen LogP contribution in [-0.4, -0.2) is 145 Å². The molecule has 0 aliphatic carbocycles. The SMILES string of the molecule is C=CC=C(C)C(NC(=O)C1CC(NC(=O)c2ccc(C(=O)NC3CC(C(=O)NC(C(=C)C=CC)C(C)=CC=C)N(C(=O)C(NC(=O)C(C)NC)C(C)(C)C)C3)cc2)CN1C(=O)C(NC(=O)C(C)NC)C(C)(C)C)C(=C)C=CC. The van der Waals surface area contributed by atoms with Crippen LogP contribution in [0.1, 0.15) is 117 Å². The maximum absolute atomic E-state index is 14.7. The maximum Gasteiger partial charge on any atom is 0.251 e. The van der Waals surface area contributed by atoms with E-state index < -0.39 is 119 Å². The molecule has 2 saturated heterocycles. The summed E-state index contributed by atoms with van der Waals surface area (Å²) in [6.45, 7) is 37.4. The number of benzene rings is 1. The van der Waals surface area contributed by atoms with Gasteiger partial charge in [-0.3, -0.25) is 38.4 Å². The van der Waals surface area contributed by atoms with E-state index in [9.17, 15) is 38.4 Å². The molecule has 2 fully saturated rings. The molecule has 426 valence electrons. The van der Waals surface area contributed by atoms with Crippen molar-refractivity contribution in [2.45, 2.75) is 156 Å². The molecule has 0 bridgehead atoms. The zero-order valence-corrected chi connectivity index (χ0v) is 48.5. The van der Waals surface area contributed by atoms with E-state index in [2.05, 4.69) is 68.9 Å². The Kier molecular flexibility index (Phi) is 24.2. The minimum Gasteiger partial charge on any atom is -0.347 e. The topological polar surface area (TPSA) is 239 Å². The summed E-state index contributed by atoms with van der Waals surface area (Å²) >= 11 is 0. The molecular weight excluding hydrogens is 989 g/mol. The fourth-order valence-corrected chi connectivity index (χ4v) is 9.26. The van der Waals surface area contributed by atoms with E-state index in [1.165, 1.54) is 34.1 Å². The lowest BCUT2D eigenvalue weighted by Crippen LogP contribution is -2.60. The highest BCUT2D eigenvalue weighted by atomic mass is 16.2. The second-order valence-corrected chi connectivity index (χ2v) is 22.4. The monoisotopic (exact) mass is 1080 g/mol. The van der Waals surface area contributed by atoms with Crippen LogP contribution in [0, 0.1) is 10.8 Å². The molecule has 2 heterocycles. The van der Waals surface area contributed by atoms with Crippen molar-refractivity contribution in [2.75, 3.05) is 27.2 Å². The van der Waals surface area contributed by atoms with E-state index in [1.54, 1.807) is 76.6 Å². The van der Waals surface area contributed by atoms with E-state index in [0.29, 0.717) is 11.1 Å². The number of hydrogen-bond acceptors (Lipinski definition) is 10. The first kappa shape index (κ1) is 65.1. The van der Waals surface area contributed by atoms with Crippen molar-refractivity contribution in [1.82, 2.24) is 52.3 Å². The highest BCUT2D eigenvalue weighted by Gasteiger charge is 2.48. The summed E-state index contributed by atoms with van der Waals surface area (Å²) in [7, 11) is 3.27. The lowest BCUT2D eigenvalue weighted by atomic mass is 9.85. The Morgan fingerprint density at radius 1 is 0.577 bits per heavy atom. The molecule has 2 aliphatic rings. The Morgan fingerprint density at radius 3 is 1.17 bits per heavy atom. The minimum atomic E-state index is -1.06. The highest BCUT2D eigenvalue weighted by Crippen LogP contribution is 2.29. The number of likely N-dealkylation sites (tertiary alicyclic amines) is 2. The van der Waals surface area contributed by atoms with Gasteiger partial charge in [0.05, 0.1) is 24.2 Å². The molecule has 0 aromatic heterocycles. The maximum atomic E-state index is 14.7.